The van der Waals surface area contributed by atoms with Crippen molar-refractivity contribution in [2.45, 2.75) is 0 Å². The lowest BCUT2D eigenvalue weighted by molar-refractivity contribution is 0.102. The molecule has 1 heterocycles. The molecule has 4 N–H and O–H groups in total. The van der Waals surface area contributed by atoms with Crippen LogP contribution in [0.15, 0.2) is 30.5 Å². The fourth-order valence-electron chi connectivity index (χ4n) is 1.48. The Morgan fingerprint density at radius 3 is 2.83 bits per heavy atom. The van der Waals surface area contributed by atoms with Gasteiger partial charge >= 0.3 is 0 Å². The highest BCUT2D eigenvalue weighted by Gasteiger charge is 2.09. The molecule has 0 aliphatic rings. The maximum atomic E-state index is 11.8. The van der Waals surface area contributed by atoms with Crippen molar-refractivity contribution in [2.24, 2.45) is 0 Å². The Bertz CT molecular complexity index is 580. The third-order valence-electron chi connectivity index (χ3n) is 2.36. The number of aromatic amines is 1. The molecule has 1 aromatic heterocycles. The van der Waals surface area contributed by atoms with Crippen LogP contribution in [0.4, 0.5) is 11.4 Å². The minimum atomic E-state index is -0.281. The number of anilines is 2. The largest absolute Gasteiger partial charge is 0.495 e. The van der Waals surface area contributed by atoms with E-state index in [9.17, 15) is 4.79 Å². The van der Waals surface area contributed by atoms with E-state index in [1.54, 1.807) is 30.5 Å². The Hall–Kier alpha value is -2.14. The third kappa shape index (κ3) is 2.57. The number of H-pyrrole nitrogens is 1. The maximum Gasteiger partial charge on any atom is 0.272 e. The van der Waals surface area contributed by atoms with Gasteiger partial charge in [-0.25, -0.2) is 0 Å². The Labute approximate surface area is 109 Å². The molecular formula is C12H12ClN3O2. The summed E-state index contributed by atoms with van der Waals surface area (Å²) in [6.45, 7) is 0. The summed E-state index contributed by atoms with van der Waals surface area (Å²) in [6, 6.07) is 6.54. The molecule has 0 saturated carbocycles. The van der Waals surface area contributed by atoms with Crippen molar-refractivity contribution in [3.8, 4) is 5.75 Å². The first-order chi connectivity index (χ1) is 8.60. The summed E-state index contributed by atoms with van der Waals surface area (Å²) in [5.41, 5.74) is 7.02. The minimum Gasteiger partial charge on any atom is -0.495 e. The molecule has 2 aromatic rings. The monoisotopic (exact) mass is 265 g/mol. The molecule has 0 atom stereocenters. The molecule has 0 aliphatic carbocycles. The Kier molecular flexibility index (Phi) is 3.43. The van der Waals surface area contributed by atoms with E-state index in [-0.39, 0.29) is 5.91 Å². The van der Waals surface area contributed by atoms with Gasteiger partial charge in [0.1, 0.15) is 11.4 Å². The highest BCUT2D eigenvalue weighted by Crippen LogP contribution is 2.27. The number of nitrogens with two attached hydrogens (primary N) is 1. The number of nitrogen functional groups attached to an aromatic ring is 1. The van der Waals surface area contributed by atoms with Gasteiger partial charge in [0.2, 0.25) is 0 Å². The van der Waals surface area contributed by atoms with Crippen molar-refractivity contribution in [1.82, 2.24) is 4.98 Å². The van der Waals surface area contributed by atoms with E-state index < -0.39 is 0 Å². The van der Waals surface area contributed by atoms with Crippen molar-refractivity contribution in [3.63, 3.8) is 0 Å². The average Bonchev–Trinajstić information content (AvgIpc) is 2.78. The van der Waals surface area contributed by atoms with Crippen molar-refractivity contribution in [3.05, 3.63) is 41.2 Å². The van der Waals surface area contributed by atoms with Crippen LogP contribution in [0.1, 0.15) is 10.5 Å². The summed E-state index contributed by atoms with van der Waals surface area (Å²) in [6.07, 6.45) is 1.55. The van der Waals surface area contributed by atoms with Crippen LogP contribution in [0.3, 0.4) is 0 Å². The maximum absolute atomic E-state index is 11.8. The molecule has 0 fully saturated rings. The second-order valence-corrected chi connectivity index (χ2v) is 4.06. The van der Waals surface area contributed by atoms with Crippen LogP contribution in [-0.4, -0.2) is 18.0 Å². The zero-order valence-corrected chi connectivity index (χ0v) is 10.4. The number of ether oxygens (including phenoxy) is 1. The van der Waals surface area contributed by atoms with Gasteiger partial charge in [0.05, 0.1) is 12.1 Å². The molecule has 2 rings (SSSR count). The normalized spacial score (nSPS) is 10.1. The molecule has 6 heteroatoms. The lowest BCUT2D eigenvalue weighted by Crippen LogP contribution is -2.12. The number of carbonyl (C=O) groups is 1. The number of rotatable bonds is 3. The predicted molar refractivity (Wildman–Crippen MR) is 71.2 cm³/mol. The smallest absolute Gasteiger partial charge is 0.272 e. The second-order valence-electron chi connectivity index (χ2n) is 3.65. The van der Waals surface area contributed by atoms with Gasteiger partial charge in [-0.2, -0.15) is 0 Å². The number of halogens is 1. The Morgan fingerprint density at radius 2 is 2.22 bits per heavy atom. The van der Waals surface area contributed by atoms with E-state index in [2.05, 4.69) is 10.3 Å². The van der Waals surface area contributed by atoms with Gasteiger partial charge < -0.3 is 20.8 Å². The highest BCUT2D eigenvalue weighted by molar-refractivity contribution is 6.32. The molecule has 0 spiro atoms. The fourth-order valence-corrected chi connectivity index (χ4v) is 1.67. The van der Waals surface area contributed by atoms with Crippen LogP contribution in [-0.2, 0) is 0 Å². The summed E-state index contributed by atoms with van der Waals surface area (Å²) in [7, 11) is 1.51. The van der Waals surface area contributed by atoms with E-state index in [1.807, 2.05) is 0 Å². The third-order valence-corrected chi connectivity index (χ3v) is 2.67. The average molecular weight is 266 g/mol. The summed E-state index contributed by atoms with van der Waals surface area (Å²) in [5.74, 6) is 0.219. The molecule has 0 saturated heterocycles. The van der Waals surface area contributed by atoms with E-state index in [4.69, 9.17) is 22.1 Å². The first-order valence-corrected chi connectivity index (χ1v) is 5.56. The molecule has 1 aromatic carbocycles. The molecule has 0 bridgehead atoms. The number of carbonyl (C=O) groups excluding carboxylic acids is 1. The van der Waals surface area contributed by atoms with Crippen LogP contribution in [0, 0.1) is 0 Å². The number of nitrogens with one attached hydrogen (secondary N) is 2. The van der Waals surface area contributed by atoms with Crippen LogP contribution in [0.2, 0.25) is 5.02 Å². The summed E-state index contributed by atoms with van der Waals surface area (Å²) in [5, 5.41) is 3.19. The number of benzene rings is 1. The Morgan fingerprint density at radius 1 is 1.44 bits per heavy atom. The van der Waals surface area contributed by atoms with E-state index >= 15 is 0 Å². The van der Waals surface area contributed by atoms with Gasteiger partial charge in [0.25, 0.3) is 5.91 Å². The molecule has 5 nitrogen and oxygen atoms in total. The van der Waals surface area contributed by atoms with Crippen molar-refractivity contribution >= 4 is 28.9 Å². The number of methoxy groups -OCH3 is 1. The molecular weight excluding hydrogens is 254 g/mol. The predicted octanol–water partition coefficient (Wildman–Crippen LogP) is 2.51. The van der Waals surface area contributed by atoms with Gasteiger partial charge in [-0.1, -0.05) is 11.6 Å². The zero-order chi connectivity index (χ0) is 13.1. The molecule has 0 aliphatic heterocycles. The number of hydrogen-bond donors (Lipinski definition) is 3. The van der Waals surface area contributed by atoms with Crippen LogP contribution < -0.4 is 15.8 Å². The van der Waals surface area contributed by atoms with E-state index in [1.165, 1.54) is 7.11 Å². The van der Waals surface area contributed by atoms with Crippen LogP contribution >= 0.6 is 11.6 Å². The SMILES string of the molecule is COc1cc(NC(=O)c2cc(N)c[nH]2)ccc1Cl. The van der Waals surface area contributed by atoms with Gasteiger partial charge in [0, 0.05) is 23.6 Å². The lowest BCUT2D eigenvalue weighted by Gasteiger charge is -2.07. The molecule has 1 amide bonds. The molecule has 0 unspecified atom stereocenters. The molecule has 18 heavy (non-hydrogen) atoms. The molecule has 0 radical (unpaired) electrons. The van der Waals surface area contributed by atoms with Gasteiger partial charge in [-0.15, -0.1) is 0 Å². The summed E-state index contributed by atoms with van der Waals surface area (Å²) >= 11 is 5.89. The topological polar surface area (TPSA) is 80.1 Å². The second kappa shape index (κ2) is 5.01. The standard InChI is InChI=1S/C12H12ClN3O2/c1-18-11-5-8(2-3-9(11)13)16-12(17)10-4-7(14)6-15-10/h2-6,15H,14H2,1H3,(H,16,17). The summed E-state index contributed by atoms with van der Waals surface area (Å²) < 4.78 is 5.07. The molecule has 94 valence electrons. The first kappa shape index (κ1) is 12.3. The van der Waals surface area contributed by atoms with Crippen LogP contribution in [0.5, 0.6) is 5.75 Å². The van der Waals surface area contributed by atoms with Gasteiger partial charge in [0.15, 0.2) is 0 Å². The number of amides is 1. The number of hydrogen-bond acceptors (Lipinski definition) is 3. The minimum absolute atomic E-state index is 0.281. The first-order valence-electron chi connectivity index (χ1n) is 5.19. The quantitative estimate of drug-likeness (QED) is 0.798. The zero-order valence-electron chi connectivity index (χ0n) is 9.66. The van der Waals surface area contributed by atoms with Gasteiger partial charge in [-0.05, 0) is 18.2 Å². The van der Waals surface area contributed by atoms with Crippen molar-refractivity contribution < 1.29 is 9.53 Å². The lowest BCUT2D eigenvalue weighted by atomic mass is 10.3. The van der Waals surface area contributed by atoms with Crippen molar-refractivity contribution in [1.29, 1.82) is 0 Å². The van der Waals surface area contributed by atoms with Gasteiger partial charge in [-0.3, -0.25) is 4.79 Å². The highest BCUT2D eigenvalue weighted by atomic mass is 35.5. The summed E-state index contributed by atoms with van der Waals surface area (Å²) in [4.78, 5) is 14.6. The fraction of sp³-hybridized carbons (Fsp3) is 0.0833. The van der Waals surface area contributed by atoms with Crippen LogP contribution in [0.25, 0.3) is 0 Å². The van der Waals surface area contributed by atoms with E-state index in [0.29, 0.717) is 27.8 Å². The Balaban J connectivity index is 2.16. The number of aromatic nitrogens is 1. The van der Waals surface area contributed by atoms with Crippen molar-refractivity contribution in [2.75, 3.05) is 18.2 Å². The van der Waals surface area contributed by atoms with E-state index in [0.717, 1.165) is 0 Å².